The molecule has 0 saturated carbocycles. The molecule has 1 heterocycles. The Kier molecular flexibility index (Phi) is 4.76. The van der Waals surface area contributed by atoms with E-state index in [1.165, 1.54) is 11.8 Å². The molecule has 2 aromatic rings. The van der Waals surface area contributed by atoms with Crippen molar-refractivity contribution < 1.29 is 4.79 Å². The molecule has 3 nitrogen and oxygen atoms in total. The largest absolute Gasteiger partial charge is 0.300 e. The molecule has 23 heavy (non-hydrogen) atoms. The van der Waals surface area contributed by atoms with Crippen molar-refractivity contribution in [3.8, 4) is 0 Å². The molecule has 1 N–H and O–H groups in total. The van der Waals surface area contributed by atoms with Crippen LogP contribution >= 0.6 is 35.0 Å². The van der Waals surface area contributed by atoms with E-state index in [9.17, 15) is 4.79 Å². The molecule has 0 unspecified atom stereocenters. The molecule has 3 rings (SSSR count). The van der Waals surface area contributed by atoms with Crippen LogP contribution in [-0.4, -0.2) is 11.1 Å². The first-order valence-electron chi connectivity index (χ1n) is 6.83. The minimum atomic E-state index is -0.164. The predicted octanol–water partition coefficient (Wildman–Crippen LogP) is 5.19. The molecule has 0 atom stereocenters. The Bertz CT molecular complexity index is 829. The highest BCUT2D eigenvalue weighted by molar-refractivity contribution is 8.18. The number of nitrogens with zero attached hydrogens (tertiary/aromatic N) is 1. The monoisotopic (exact) mass is 362 g/mol. The Labute approximate surface area is 148 Å². The van der Waals surface area contributed by atoms with Gasteiger partial charge < -0.3 is 5.32 Å². The van der Waals surface area contributed by atoms with Crippen LogP contribution in [0.25, 0.3) is 6.08 Å². The second-order valence-electron chi connectivity index (χ2n) is 4.92. The molecule has 1 saturated heterocycles. The third kappa shape index (κ3) is 3.78. The molecule has 0 aromatic heterocycles. The standard InChI is InChI=1S/C17H12Cl2N2OS/c1-10-13(19)3-2-4-14(10)20-17-21-16(22)15(23-17)9-11-5-7-12(18)8-6-11/h2-9H,1H3,(H,20,21,22)/b15-9+. The van der Waals surface area contributed by atoms with Crippen molar-refractivity contribution in [3.63, 3.8) is 0 Å². The number of amidine groups is 1. The highest BCUT2D eigenvalue weighted by atomic mass is 35.5. The number of amides is 1. The predicted molar refractivity (Wildman–Crippen MR) is 98.4 cm³/mol. The number of aliphatic imine (C=N–C) groups is 1. The van der Waals surface area contributed by atoms with Gasteiger partial charge in [-0.05, 0) is 60.2 Å². The zero-order chi connectivity index (χ0) is 16.4. The van der Waals surface area contributed by atoms with Crippen LogP contribution in [-0.2, 0) is 4.79 Å². The van der Waals surface area contributed by atoms with Gasteiger partial charge in [0.1, 0.15) is 0 Å². The fourth-order valence-electron chi connectivity index (χ4n) is 2.02. The first kappa shape index (κ1) is 16.1. The Morgan fingerprint density at radius 2 is 1.87 bits per heavy atom. The van der Waals surface area contributed by atoms with Gasteiger partial charge in [0.25, 0.3) is 5.91 Å². The van der Waals surface area contributed by atoms with E-state index in [2.05, 4.69) is 10.3 Å². The summed E-state index contributed by atoms with van der Waals surface area (Å²) in [5.41, 5.74) is 2.53. The number of benzene rings is 2. The Balaban J connectivity index is 1.86. The van der Waals surface area contributed by atoms with Crippen LogP contribution in [0.4, 0.5) is 5.69 Å². The van der Waals surface area contributed by atoms with Crippen LogP contribution in [0, 0.1) is 6.92 Å². The number of halogens is 2. The van der Waals surface area contributed by atoms with Crippen molar-refractivity contribution in [2.45, 2.75) is 6.92 Å². The van der Waals surface area contributed by atoms with Crippen molar-refractivity contribution in [1.29, 1.82) is 0 Å². The lowest BCUT2D eigenvalue weighted by atomic mass is 10.2. The smallest absolute Gasteiger partial charge is 0.264 e. The molecule has 116 valence electrons. The summed E-state index contributed by atoms with van der Waals surface area (Å²) >= 11 is 13.3. The third-order valence-electron chi connectivity index (χ3n) is 3.28. The molecule has 1 amide bonds. The van der Waals surface area contributed by atoms with Crippen molar-refractivity contribution in [2.24, 2.45) is 4.99 Å². The lowest BCUT2D eigenvalue weighted by Gasteiger charge is -2.02. The summed E-state index contributed by atoms with van der Waals surface area (Å²) in [5, 5.41) is 4.62. The molecule has 0 aliphatic carbocycles. The van der Waals surface area contributed by atoms with E-state index in [1.807, 2.05) is 43.3 Å². The van der Waals surface area contributed by atoms with Gasteiger partial charge in [-0.15, -0.1) is 0 Å². The Morgan fingerprint density at radius 1 is 1.13 bits per heavy atom. The van der Waals surface area contributed by atoms with Crippen LogP contribution in [0.15, 0.2) is 52.4 Å². The average Bonchev–Trinajstić information content (AvgIpc) is 2.86. The molecule has 1 aliphatic rings. The molecule has 0 radical (unpaired) electrons. The number of rotatable bonds is 2. The lowest BCUT2D eigenvalue weighted by Crippen LogP contribution is -2.19. The quantitative estimate of drug-likeness (QED) is 0.746. The summed E-state index contributed by atoms with van der Waals surface area (Å²) in [7, 11) is 0. The normalized spacial score (nSPS) is 17.8. The lowest BCUT2D eigenvalue weighted by molar-refractivity contribution is -0.115. The summed E-state index contributed by atoms with van der Waals surface area (Å²) < 4.78 is 0. The van der Waals surface area contributed by atoms with Crippen molar-refractivity contribution >= 4 is 57.8 Å². The highest BCUT2D eigenvalue weighted by Crippen LogP contribution is 2.31. The van der Waals surface area contributed by atoms with Crippen molar-refractivity contribution in [2.75, 3.05) is 0 Å². The highest BCUT2D eigenvalue weighted by Gasteiger charge is 2.24. The van der Waals surface area contributed by atoms with E-state index in [4.69, 9.17) is 23.2 Å². The second-order valence-corrected chi connectivity index (χ2v) is 6.79. The number of hydrogen-bond donors (Lipinski definition) is 1. The fraction of sp³-hybridized carbons (Fsp3) is 0.0588. The van der Waals surface area contributed by atoms with Gasteiger partial charge in [-0.3, -0.25) is 4.79 Å². The van der Waals surface area contributed by atoms with Gasteiger partial charge >= 0.3 is 0 Å². The van der Waals surface area contributed by atoms with E-state index in [0.717, 1.165) is 16.8 Å². The third-order valence-corrected chi connectivity index (χ3v) is 4.85. The number of nitrogens with one attached hydrogen (secondary N) is 1. The summed E-state index contributed by atoms with van der Waals surface area (Å²) in [6, 6.07) is 12.8. The van der Waals surface area contributed by atoms with Crippen LogP contribution in [0.5, 0.6) is 0 Å². The Morgan fingerprint density at radius 3 is 2.61 bits per heavy atom. The van der Waals surface area contributed by atoms with Gasteiger partial charge in [0, 0.05) is 10.0 Å². The molecular formula is C17H12Cl2N2OS. The van der Waals surface area contributed by atoms with Gasteiger partial charge in [-0.2, -0.15) is 0 Å². The summed E-state index contributed by atoms with van der Waals surface area (Å²) in [6.45, 7) is 1.90. The fourth-order valence-corrected chi connectivity index (χ4v) is 3.15. The maximum atomic E-state index is 12.1. The zero-order valence-corrected chi connectivity index (χ0v) is 14.5. The maximum absolute atomic E-state index is 12.1. The SMILES string of the molecule is Cc1c(Cl)cccc1N=C1NC(=O)/C(=C\c2ccc(Cl)cc2)S1. The number of thioether (sulfide) groups is 1. The van der Waals surface area contributed by atoms with Gasteiger partial charge in [0.15, 0.2) is 5.17 Å². The summed E-state index contributed by atoms with van der Waals surface area (Å²) in [5.74, 6) is -0.164. The van der Waals surface area contributed by atoms with Crippen molar-refractivity contribution in [3.05, 3.63) is 68.5 Å². The Hall–Kier alpha value is -1.75. The van der Waals surface area contributed by atoms with Crippen molar-refractivity contribution in [1.82, 2.24) is 5.32 Å². The van der Waals surface area contributed by atoms with Crippen LogP contribution in [0.2, 0.25) is 10.0 Å². The second kappa shape index (κ2) is 6.79. The van der Waals surface area contributed by atoms with Gasteiger partial charge in [0.05, 0.1) is 10.6 Å². The van der Waals surface area contributed by atoms with E-state index in [1.54, 1.807) is 12.1 Å². The van der Waals surface area contributed by atoms with Gasteiger partial charge in [0.2, 0.25) is 0 Å². The van der Waals surface area contributed by atoms with E-state index in [0.29, 0.717) is 20.1 Å². The van der Waals surface area contributed by atoms with Crippen LogP contribution in [0.3, 0.4) is 0 Å². The van der Waals surface area contributed by atoms with E-state index in [-0.39, 0.29) is 5.91 Å². The summed E-state index contributed by atoms with van der Waals surface area (Å²) in [6.07, 6.45) is 1.81. The van der Waals surface area contributed by atoms with Crippen LogP contribution in [0.1, 0.15) is 11.1 Å². The molecule has 1 aliphatic heterocycles. The molecule has 0 spiro atoms. The molecular weight excluding hydrogens is 351 g/mol. The van der Waals surface area contributed by atoms with Crippen LogP contribution < -0.4 is 5.32 Å². The number of carbonyl (C=O) groups excluding carboxylic acids is 1. The maximum Gasteiger partial charge on any atom is 0.264 e. The zero-order valence-electron chi connectivity index (χ0n) is 12.1. The first-order chi connectivity index (χ1) is 11.0. The molecule has 0 bridgehead atoms. The van der Waals surface area contributed by atoms with E-state index >= 15 is 0 Å². The number of hydrogen-bond acceptors (Lipinski definition) is 3. The minimum Gasteiger partial charge on any atom is -0.300 e. The topological polar surface area (TPSA) is 41.5 Å². The minimum absolute atomic E-state index is 0.164. The average molecular weight is 363 g/mol. The molecule has 2 aromatic carbocycles. The van der Waals surface area contributed by atoms with Gasteiger partial charge in [-0.25, -0.2) is 4.99 Å². The molecule has 1 fully saturated rings. The van der Waals surface area contributed by atoms with E-state index < -0.39 is 0 Å². The first-order valence-corrected chi connectivity index (χ1v) is 8.40. The summed E-state index contributed by atoms with van der Waals surface area (Å²) in [4.78, 5) is 17.1. The van der Waals surface area contributed by atoms with Gasteiger partial charge in [-0.1, -0.05) is 41.4 Å². The number of carbonyl (C=O) groups is 1. The molecule has 6 heteroatoms.